The lowest BCUT2D eigenvalue weighted by Gasteiger charge is -2.27. The van der Waals surface area contributed by atoms with Crippen LogP contribution in [-0.4, -0.2) is 36.9 Å². The van der Waals surface area contributed by atoms with Crippen LogP contribution in [0, 0.1) is 0 Å². The van der Waals surface area contributed by atoms with Gasteiger partial charge in [0, 0.05) is 31.6 Å². The van der Waals surface area contributed by atoms with E-state index in [1.54, 1.807) is 18.4 Å². The first-order valence-electron chi connectivity index (χ1n) is 8.07. The average Bonchev–Trinajstić information content (AvgIpc) is 3.10. The molecule has 0 spiro atoms. The van der Waals surface area contributed by atoms with Gasteiger partial charge >= 0.3 is 0 Å². The van der Waals surface area contributed by atoms with E-state index in [1.807, 2.05) is 23.1 Å². The molecule has 2 N–H and O–H groups in total. The molecule has 0 atom stereocenters. The standard InChI is InChI=1S/C18H22N4OS/c1-19-18(20-11-14-5-3-2-4-6-14)21-12-17(23)22-9-7-16-15(13-22)8-10-24-16/h2-6,8,10H,7,9,11-13H2,1H3,(H2,19,20,21). The van der Waals surface area contributed by atoms with Crippen LogP contribution in [0.5, 0.6) is 0 Å². The predicted octanol–water partition coefficient (Wildman–Crippen LogP) is 2.00. The second-order valence-corrected chi connectivity index (χ2v) is 6.70. The van der Waals surface area contributed by atoms with Crippen molar-refractivity contribution in [1.82, 2.24) is 15.5 Å². The molecule has 0 bridgehead atoms. The number of benzene rings is 1. The Kier molecular flexibility index (Phi) is 5.48. The first-order valence-corrected chi connectivity index (χ1v) is 8.95. The molecule has 3 rings (SSSR count). The second kappa shape index (κ2) is 7.97. The third-order valence-electron chi connectivity index (χ3n) is 4.09. The molecule has 1 aromatic carbocycles. The number of rotatable bonds is 4. The summed E-state index contributed by atoms with van der Waals surface area (Å²) in [5.41, 5.74) is 2.46. The number of amides is 1. The number of hydrogen-bond donors (Lipinski definition) is 2. The Morgan fingerprint density at radius 3 is 2.88 bits per heavy atom. The molecule has 0 radical (unpaired) electrons. The minimum atomic E-state index is 0.106. The maximum Gasteiger partial charge on any atom is 0.242 e. The lowest BCUT2D eigenvalue weighted by atomic mass is 10.1. The summed E-state index contributed by atoms with van der Waals surface area (Å²) in [5.74, 6) is 0.745. The molecule has 0 saturated heterocycles. The van der Waals surface area contributed by atoms with Crippen LogP contribution < -0.4 is 10.6 Å². The summed E-state index contributed by atoms with van der Waals surface area (Å²) in [7, 11) is 1.71. The van der Waals surface area contributed by atoms with Gasteiger partial charge in [-0.3, -0.25) is 9.79 Å². The molecule has 2 heterocycles. The smallest absolute Gasteiger partial charge is 0.242 e. The molecule has 1 aliphatic rings. The number of nitrogens with one attached hydrogen (secondary N) is 2. The lowest BCUT2D eigenvalue weighted by molar-refractivity contribution is -0.130. The van der Waals surface area contributed by atoms with Gasteiger partial charge in [-0.15, -0.1) is 11.3 Å². The second-order valence-electron chi connectivity index (χ2n) is 5.70. The van der Waals surface area contributed by atoms with Crippen LogP contribution in [0.15, 0.2) is 46.8 Å². The van der Waals surface area contributed by atoms with Gasteiger partial charge in [-0.05, 0) is 29.0 Å². The number of hydrogen-bond acceptors (Lipinski definition) is 3. The Morgan fingerprint density at radius 1 is 1.25 bits per heavy atom. The van der Waals surface area contributed by atoms with E-state index in [-0.39, 0.29) is 12.5 Å². The molecule has 0 saturated carbocycles. The zero-order valence-corrected chi connectivity index (χ0v) is 14.6. The molecule has 2 aromatic rings. The minimum Gasteiger partial charge on any atom is -0.352 e. The highest BCUT2D eigenvalue weighted by Crippen LogP contribution is 2.23. The van der Waals surface area contributed by atoms with E-state index in [1.165, 1.54) is 16.0 Å². The Morgan fingerprint density at radius 2 is 2.08 bits per heavy atom. The van der Waals surface area contributed by atoms with Gasteiger partial charge in [0.05, 0.1) is 6.54 Å². The number of guanidine groups is 1. The van der Waals surface area contributed by atoms with Crippen molar-refractivity contribution in [3.63, 3.8) is 0 Å². The molecule has 1 aromatic heterocycles. The van der Waals surface area contributed by atoms with Crippen molar-refractivity contribution in [2.45, 2.75) is 19.5 Å². The van der Waals surface area contributed by atoms with Crippen molar-refractivity contribution in [3.05, 3.63) is 57.8 Å². The fourth-order valence-electron chi connectivity index (χ4n) is 2.73. The summed E-state index contributed by atoms with van der Waals surface area (Å²) < 4.78 is 0. The zero-order valence-electron chi connectivity index (χ0n) is 13.8. The molecule has 0 fully saturated rings. The van der Waals surface area contributed by atoms with Crippen LogP contribution in [0.3, 0.4) is 0 Å². The number of carbonyl (C=O) groups excluding carboxylic acids is 1. The summed E-state index contributed by atoms with van der Waals surface area (Å²) in [6.07, 6.45) is 0.958. The number of thiophene rings is 1. The minimum absolute atomic E-state index is 0.106. The SMILES string of the molecule is CN=C(NCC(=O)N1CCc2sccc2C1)NCc1ccccc1. The van der Waals surface area contributed by atoms with E-state index < -0.39 is 0 Å². The summed E-state index contributed by atoms with van der Waals surface area (Å²) in [6, 6.07) is 12.2. The molecule has 24 heavy (non-hydrogen) atoms. The van der Waals surface area contributed by atoms with Gasteiger partial charge in [0.1, 0.15) is 0 Å². The van der Waals surface area contributed by atoms with Crippen molar-refractivity contribution in [1.29, 1.82) is 0 Å². The van der Waals surface area contributed by atoms with Crippen molar-refractivity contribution >= 4 is 23.2 Å². The zero-order chi connectivity index (χ0) is 16.8. The highest BCUT2D eigenvalue weighted by molar-refractivity contribution is 7.10. The van der Waals surface area contributed by atoms with Gasteiger partial charge in [-0.1, -0.05) is 30.3 Å². The monoisotopic (exact) mass is 342 g/mol. The number of nitrogens with zero attached hydrogens (tertiary/aromatic N) is 2. The van der Waals surface area contributed by atoms with Crippen LogP contribution in [0.4, 0.5) is 0 Å². The number of carbonyl (C=O) groups is 1. The average molecular weight is 342 g/mol. The molecule has 0 unspecified atom stereocenters. The van der Waals surface area contributed by atoms with Gasteiger partial charge in [0.25, 0.3) is 0 Å². The number of aliphatic imine (C=N–C) groups is 1. The summed E-state index contributed by atoms with van der Waals surface area (Å²) in [5, 5.41) is 8.43. The third kappa shape index (κ3) is 4.14. The predicted molar refractivity (Wildman–Crippen MR) is 98.1 cm³/mol. The van der Waals surface area contributed by atoms with Crippen molar-refractivity contribution in [3.8, 4) is 0 Å². The molecule has 1 aliphatic heterocycles. The van der Waals surface area contributed by atoms with Crippen LogP contribution >= 0.6 is 11.3 Å². The summed E-state index contributed by atoms with van der Waals surface area (Å²) in [4.78, 5) is 19.9. The van der Waals surface area contributed by atoms with E-state index in [0.717, 1.165) is 19.5 Å². The Bertz CT molecular complexity index is 711. The first-order chi connectivity index (χ1) is 11.8. The van der Waals surface area contributed by atoms with Crippen molar-refractivity contribution in [2.24, 2.45) is 4.99 Å². The van der Waals surface area contributed by atoms with Gasteiger partial charge in [-0.2, -0.15) is 0 Å². The summed E-state index contributed by atoms with van der Waals surface area (Å²) >= 11 is 1.78. The normalized spacial score (nSPS) is 14.2. The van der Waals surface area contributed by atoms with Crippen molar-refractivity contribution in [2.75, 3.05) is 20.1 Å². The molecule has 5 nitrogen and oxygen atoms in total. The fourth-order valence-corrected chi connectivity index (χ4v) is 3.62. The highest BCUT2D eigenvalue weighted by atomic mass is 32.1. The highest BCUT2D eigenvalue weighted by Gasteiger charge is 2.21. The molecule has 126 valence electrons. The Balaban J connectivity index is 1.46. The van der Waals surface area contributed by atoms with E-state index in [2.05, 4.69) is 39.2 Å². The van der Waals surface area contributed by atoms with E-state index in [0.29, 0.717) is 12.5 Å². The first kappa shape index (κ1) is 16.5. The van der Waals surface area contributed by atoms with E-state index in [4.69, 9.17) is 0 Å². The molecular formula is C18H22N4OS. The largest absolute Gasteiger partial charge is 0.352 e. The van der Waals surface area contributed by atoms with Crippen LogP contribution in [0.1, 0.15) is 16.0 Å². The molecule has 6 heteroatoms. The maximum absolute atomic E-state index is 12.4. The topological polar surface area (TPSA) is 56.7 Å². The number of fused-ring (bicyclic) bond motifs is 1. The fraction of sp³-hybridized carbons (Fsp3) is 0.333. The van der Waals surface area contributed by atoms with E-state index in [9.17, 15) is 4.79 Å². The van der Waals surface area contributed by atoms with Crippen LogP contribution in [0.25, 0.3) is 0 Å². The van der Waals surface area contributed by atoms with E-state index >= 15 is 0 Å². The third-order valence-corrected chi connectivity index (χ3v) is 5.12. The Hall–Kier alpha value is -2.34. The Labute approximate surface area is 146 Å². The van der Waals surface area contributed by atoms with Crippen LogP contribution in [0.2, 0.25) is 0 Å². The quantitative estimate of drug-likeness (QED) is 0.660. The molecule has 1 amide bonds. The van der Waals surface area contributed by atoms with Gasteiger partial charge in [-0.25, -0.2) is 0 Å². The molecule has 0 aliphatic carbocycles. The van der Waals surface area contributed by atoms with Gasteiger partial charge in [0.2, 0.25) is 5.91 Å². The summed E-state index contributed by atoms with van der Waals surface area (Å²) in [6.45, 7) is 2.45. The molecular weight excluding hydrogens is 320 g/mol. The lowest BCUT2D eigenvalue weighted by Crippen LogP contribution is -2.45. The van der Waals surface area contributed by atoms with Gasteiger partial charge < -0.3 is 15.5 Å². The van der Waals surface area contributed by atoms with Crippen molar-refractivity contribution < 1.29 is 4.79 Å². The maximum atomic E-state index is 12.4. The van der Waals surface area contributed by atoms with Crippen LogP contribution in [-0.2, 0) is 24.3 Å². The van der Waals surface area contributed by atoms with Gasteiger partial charge in [0.15, 0.2) is 5.96 Å².